The summed E-state index contributed by atoms with van der Waals surface area (Å²) >= 11 is 1.71. The predicted molar refractivity (Wildman–Crippen MR) is 95.2 cm³/mol. The molecule has 1 unspecified atom stereocenters. The van der Waals surface area contributed by atoms with Crippen molar-refractivity contribution < 1.29 is 9.53 Å². The average molecular weight is 332 g/mol. The van der Waals surface area contributed by atoms with Gasteiger partial charge in [0.2, 0.25) is 0 Å². The Morgan fingerprint density at radius 1 is 1.26 bits per heavy atom. The number of hydrogen-bond donors (Lipinski definition) is 1. The fourth-order valence-electron chi connectivity index (χ4n) is 2.54. The van der Waals surface area contributed by atoms with Gasteiger partial charge in [-0.15, -0.1) is 11.3 Å². The van der Waals surface area contributed by atoms with E-state index in [9.17, 15) is 4.79 Å². The Kier molecular flexibility index (Phi) is 6.59. The van der Waals surface area contributed by atoms with Gasteiger partial charge in [0.15, 0.2) is 5.13 Å². The van der Waals surface area contributed by atoms with E-state index in [0.29, 0.717) is 13.0 Å². The molecule has 0 amide bonds. The Morgan fingerprint density at radius 2 is 2.00 bits per heavy atom. The molecule has 2 aromatic rings. The van der Waals surface area contributed by atoms with Crippen LogP contribution in [0.2, 0.25) is 0 Å². The van der Waals surface area contributed by atoms with Crippen LogP contribution < -0.4 is 5.32 Å². The predicted octanol–water partition coefficient (Wildman–Crippen LogP) is 4.03. The number of nitrogens with one attached hydrogen (secondary N) is 1. The molecule has 1 heterocycles. The van der Waals surface area contributed by atoms with E-state index in [4.69, 9.17) is 4.74 Å². The molecule has 1 N–H and O–H groups in total. The monoisotopic (exact) mass is 332 g/mol. The number of ether oxygens (including phenoxy) is 1. The molecular formula is C18H24N2O2S. The van der Waals surface area contributed by atoms with Crippen LogP contribution in [0.3, 0.4) is 0 Å². The molecule has 23 heavy (non-hydrogen) atoms. The second-order valence-electron chi connectivity index (χ2n) is 5.36. The largest absolute Gasteiger partial charge is 0.469 e. The van der Waals surface area contributed by atoms with E-state index in [0.717, 1.165) is 23.5 Å². The lowest BCUT2D eigenvalue weighted by Crippen LogP contribution is -2.17. The number of carbonyl (C=O) groups excluding carboxylic acids is 1. The van der Waals surface area contributed by atoms with Crippen LogP contribution in [0.1, 0.15) is 42.3 Å². The van der Waals surface area contributed by atoms with Gasteiger partial charge < -0.3 is 10.1 Å². The molecule has 0 bridgehead atoms. The first-order valence-electron chi connectivity index (χ1n) is 8.02. The summed E-state index contributed by atoms with van der Waals surface area (Å²) < 4.78 is 4.83. The van der Waals surface area contributed by atoms with Gasteiger partial charge in [0, 0.05) is 17.3 Å². The number of rotatable bonds is 8. The first kappa shape index (κ1) is 17.5. The van der Waals surface area contributed by atoms with Gasteiger partial charge in [0.25, 0.3) is 0 Å². The highest BCUT2D eigenvalue weighted by Gasteiger charge is 2.17. The molecule has 0 spiro atoms. The minimum absolute atomic E-state index is 0.0719. The second-order valence-corrected chi connectivity index (χ2v) is 6.45. The molecule has 2 rings (SSSR count). The van der Waals surface area contributed by atoms with Crippen molar-refractivity contribution >= 4 is 22.4 Å². The summed E-state index contributed by atoms with van der Waals surface area (Å²) in [7, 11) is 1.43. The third-order valence-corrected chi connectivity index (χ3v) is 5.05. The molecular weight excluding hydrogens is 308 g/mol. The van der Waals surface area contributed by atoms with Gasteiger partial charge in [-0.05, 0) is 18.4 Å². The van der Waals surface area contributed by atoms with Crippen molar-refractivity contribution in [1.82, 2.24) is 4.98 Å². The van der Waals surface area contributed by atoms with Crippen molar-refractivity contribution in [2.24, 2.45) is 0 Å². The van der Waals surface area contributed by atoms with Crippen LogP contribution in [0.4, 0.5) is 5.13 Å². The number of thiazole rings is 1. The average Bonchev–Trinajstić information content (AvgIpc) is 3.01. The Labute approximate surface area is 141 Å². The van der Waals surface area contributed by atoms with Crippen LogP contribution in [-0.2, 0) is 22.4 Å². The van der Waals surface area contributed by atoms with Crippen molar-refractivity contribution in [3.05, 3.63) is 46.5 Å². The topological polar surface area (TPSA) is 51.2 Å². The Hall–Kier alpha value is -1.88. The Balaban J connectivity index is 2.08. The lowest BCUT2D eigenvalue weighted by Gasteiger charge is -2.16. The summed E-state index contributed by atoms with van der Waals surface area (Å²) in [6.07, 6.45) is 2.32. The van der Waals surface area contributed by atoms with Gasteiger partial charge in [-0.3, -0.25) is 4.79 Å². The zero-order chi connectivity index (χ0) is 16.7. The number of methoxy groups -OCH3 is 1. The maximum atomic E-state index is 11.7. The number of benzene rings is 1. The van der Waals surface area contributed by atoms with Crippen molar-refractivity contribution in [3.8, 4) is 0 Å². The molecule has 0 saturated heterocycles. The van der Waals surface area contributed by atoms with Gasteiger partial charge >= 0.3 is 5.97 Å². The summed E-state index contributed by atoms with van der Waals surface area (Å²) in [4.78, 5) is 17.7. The molecule has 1 aromatic heterocycles. The SMILES string of the molecule is CCc1nc(NCC(CC(=O)OC)c2ccccc2)sc1CC. The van der Waals surface area contributed by atoms with Gasteiger partial charge in [0.1, 0.15) is 0 Å². The molecule has 1 atom stereocenters. The van der Waals surface area contributed by atoms with E-state index in [-0.39, 0.29) is 11.9 Å². The molecule has 1 aromatic carbocycles. The first-order chi connectivity index (χ1) is 11.2. The summed E-state index contributed by atoms with van der Waals surface area (Å²) in [5.41, 5.74) is 2.30. The molecule has 0 fully saturated rings. The molecule has 0 saturated carbocycles. The highest BCUT2D eigenvalue weighted by molar-refractivity contribution is 7.15. The first-order valence-corrected chi connectivity index (χ1v) is 8.83. The number of nitrogens with zero attached hydrogens (tertiary/aromatic N) is 1. The van der Waals surface area contributed by atoms with E-state index in [2.05, 4.69) is 24.1 Å². The van der Waals surface area contributed by atoms with Gasteiger partial charge in [-0.1, -0.05) is 44.2 Å². The minimum atomic E-state index is -0.191. The molecule has 124 valence electrons. The van der Waals surface area contributed by atoms with E-state index in [1.54, 1.807) is 11.3 Å². The molecule has 0 aliphatic rings. The van der Waals surface area contributed by atoms with E-state index >= 15 is 0 Å². The minimum Gasteiger partial charge on any atom is -0.469 e. The van der Waals surface area contributed by atoms with Crippen LogP contribution in [0.5, 0.6) is 0 Å². The van der Waals surface area contributed by atoms with Crippen LogP contribution >= 0.6 is 11.3 Å². The van der Waals surface area contributed by atoms with Crippen molar-refractivity contribution in [2.45, 2.75) is 39.0 Å². The number of anilines is 1. The molecule has 0 aliphatic carbocycles. The Morgan fingerprint density at radius 3 is 2.57 bits per heavy atom. The summed E-state index contributed by atoms with van der Waals surface area (Å²) in [5.74, 6) is -0.119. The smallest absolute Gasteiger partial charge is 0.306 e. The quantitative estimate of drug-likeness (QED) is 0.742. The Bertz CT molecular complexity index is 604. The fraction of sp³-hybridized carbons (Fsp3) is 0.444. The number of aromatic nitrogens is 1. The van der Waals surface area contributed by atoms with Crippen LogP contribution in [-0.4, -0.2) is 24.6 Å². The zero-order valence-electron chi connectivity index (χ0n) is 14.0. The summed E-state index contributed by atoms with van der Waals surface area (Å²) in [6, 6.07) is 10.1. The van der Waals surface area contributed by atoms with Gasteiger partial charge in [-0.25, -0.2) is 4.98 Å². The number of hydrogen-bond acceptors (Lipinski definition) is 5. The number of esters is 1. The van der Waals surface area contributed by atoms with Crippen LogP contribution in [0, 0.1) is 0 Å². The third-order valence-electron chi connectivity index (χ3n) is 3.85. The zero-order valence-corrected chi connectivity index (χ0v) is 14.8. The van der Waals surface area contributed by atoms with Gasteiger partial charge in [0.05, 0.1) is 19.2 Å². The standard InChI is InChI=1S/C18H24N2O2S/c1-4-15-16(5-2)23-18(20-15)19-12-14(11-17(21)22-3)13-9-7-6-8-10-13/h6-10,14H,4-5,11-12H2,1-3H3,(H,19,20). The molecule has 0 radical (unpaired) electrons. The highest BCUT2D eigenvalue weighted by Crippen LogP contribution is 2.26. The van der Waals surface area contributed by atoms with Crippen molar-refractivity contribution in [2.75, 3.05) is 19.0 Å². The third kappa shape index (κ3) is 4.79. The van der Waals surface area contributed by atoms with Crippen molar-refractivity contribution in [1.29, 1.82) is 0 Å². The maximum absolute atomic E-state index is 11.7. The molecule has 0 aliphatic heterocycles. The van der Waals surface area contributed by atoms with Gasteiger partial charge in [-0.2, -0.15) is 0 Å². The highest BCUT2D eigenvalue weighted by atomic mass is 32.1. The van der Waals surface area contributed by atoms with E-state index in [1.165, 1.54) is 17.7 Å². The molecule has 4 nitrogen and oxygen atoms in total. The van der Waals surface area contributed by atoms with E-state index < -0.39 is 0 Å². The lowest BCUT2D eigenvalue weighted by atomic mass is 9.96. The normalized spacial score (nSPS) is 12.0. The molecule has 5 heteroatoms. The number of aryl methyl sites for hydroxylation is 2. The maximum Gasteiger partial charge on any atom is 0.306 e. The van der Waals surface area contributed by atoms with E-state index in [1.807, 2.05) is 30.3 Å². The summed E-state index contributed by atoms with van der Waals surface area (Å²) in [5, 5.41) is 4.34. The van der Waals surface area contributed by atoms with Crippen molar-refractivity contribution in [3.63, 3.8) is 0 Å². The van der Waals surface area contributed by atoms with Crippen LogP contribution in [0.15, 0.2) is 30.3 Å². The summed E-state index contributed by atoms with van der Waals surface area (Å²) in [6.45, 7) is 4.95. The lowest BCUT2D eigenvalue weighted by molar-refractivity contribution is -0.141. The second kappa shape index (κ2) is 8.67. The fourth-order valence-corrected chi connectivity index (χ4v) is 3.54. The van der Waals surface area contributed by atoms with Crippen LogP contribution in [0.25, 0.3) is 0 Å². The number of carbonyl (C=O) groups is 1.